The number of benzene rings is 1. The zero-order valence-electron chi connectivity index (χ0n) is 11.7. The molecular weight excluding hydrogens is 297 g/mol. The molecule has 2 heterocycles. The standard InChI is InChI=1S/C14H15F3N4O/c15-14(16,17)10-2-1-3-11(8-10)19-13-21-20-12(22-13)9-4-6-18-7-5-9/h1-3,8-9,18H,4-7H2,(H,19,21). The lowest BCUT2D eigenvalue weighted by Gasteiger charge is -2.18. The number of aromatic nitrogens is 2. The van der Waals surface area contributed by atoms with Crippen molar-refractivity contribution in [2.24, 2.45) is 0 Å². The molecule has 0 radical (unpaired) electrons. The molecule has 0 saturated carbocycles. The molecule has 0 amide bonds. The fourth-order valence-electron chi connectivity index (χ4n) is 2.42. The van der Waals surface area contributed by atoms with E-state index in [1.165, 1.54) is 12.1 Å². The second-order valence-electron chi connectivity index (χ2n) is 5.17. The fourth-order valence-corrected chi connectivity index (χ4v) is 2.42. The maximum atomic E-state index is 12.7. The van der Waals surface area contributed by atoms with Gasteiger partial charge in [0.25, 0.3) is 0 Å². The van der Waals surface area contributed by atoms with Gasteiger partial charge in [-0.3, -0.25) is 0 Å². The highest BCUT2D eigenvalue weighted by atomic mass is 19.4. The third kappa shape index (κ3) is 3.38. The molecule has 2 aromatic rings. The van der Waals surface area contributed by atoms with E-state index in [4.69, 9.17) is 4.42 Å². The van der Waals surface area contributed by atoms with E-state index in [0.717, 1.165) is 38.1 Å². The van der Waals surface area contributed by atoms with Crippen LogP contribution in [0.1, 0.15) is 30.2 Å². The van der Waals surface area contributed by atoms with Crippen molar-refractivity contribution < 1.29 is 17.6 Å². The van der Waals surface area contributed by atoms with E-state index >= 15 is 0 Å². The van der Waals surface area contributed by atoms with Crippen LogP contribution < -0.4 is 10.6 Å². The van der Waals surface area contributed by atoms with Gasteiger partial charge in [-0.15, -0.1) is 5.10 Å². The third-order valence-electron chi connectivity index (χ3n) is 3.57. The molecule has 2 N–H and O–H groups in total. The van der Waals surface area contributed by atoms with Gasteiger partial charge in [0, 0.05) is 11.6 Å². The number of alkyl halides is 3. The molecule has 0 bridgehead atoms. The van der Waals surface area contributed by atoms with Gasteiger partial charge in [-0.1, -0.05) is 11.2 Å². The molecule has 1 fully saturated rings. The van der Waals surface area contributed by atoms with Crippen molar-refractivity contribution in [3.05, 3.63) is 35.7 Å². The lowest BCUT2D eigenvalue weighted by atomic mass is 9.98. The fraction of sp³-hybridized carbons (Fsp3) is 0.429. The molecule has 0 aliphatic carbocycles. The molecule has 1 aromatic heterocycles. The zero-order valence-corrected chi connectivity index (χ0v) is 11.7. The number of rotatable bonds is 3. The Morgan fingerprint density at radius 3 is 2.68 bits per heavy atom. The second kappa shape index (κ2) is 5.96. The number of piperidine rings is 1. The third-order valence-corrected chi connectivity index (χ3v) is 3.57. The Morgan fingerprint density at radius 1 is 1.18 bits per heavy atom. The first-order valence-electron chi connectivity index (χ1n) is 7.01. The molecule has 3 rings (SSSR count). The largest absolute Gasteiger partial charge is 0.416 e. The minimum Gasteiger partial charge on any atom is -0.408 e. The number of halogens is 3. The monoisotopic (exact) mass is 312 g/mol. The summed E-state index contributed by atoms with van der Waals surface area (Å²) < 4.78 is 43.5. The van der Waals surface area contributed by atoms with Crippen LogP contribution in [0.15, 0.2) is 28.7 Å². The lowest BCUT2D eigenvalue weighted by molar-refractivity contribution is -0.137. The van der Waals surface area contributed by atoms with Gasteiger partial charge in [-0.25, -0.2) is 0 Å². The van der Waals surface area contributed by atoms with Gasteiger partial charge in [0.15, 0.2) is 0 Å². The molecule has 0 atom stereocenters. The summed E-state index contributed by atoms with van der Waals surface area (Å²) in [6, 6.07) is 4.97. The highest BCUT2D eigenvalue weighted by molar-refractivity contribution is 5.53. The maximum Gasteiger partial charge on any atom is 0.416 e. The Balaban J connectivity index is 1.72. The summed E-state index contributed by atoms with van der Waals surface area (Å²) in [6.07, 6.45) is -2.57. The normalized spacial score (nSPS) is 16.7. The maximum absolute atomic E-state index is 12.7. The predicted octanol–water partition coefficient (Wildman–Crippen LogP) is 3.30. The van der Waals surface area contributed by atoms with Gasteiger partial charge in [0.05, 0.1) is 5.56 Å². The molecule has 118 valence electrons. The van der Waals surface area contributed by atoms with Crippen molar-refractivity contribution in [3.63, 3.8) is 0 Å². The molecule has 1 aliphatic rings. The summed E-state index contributed by atoms with van der Waals surface area (Å²) in [4.78, 5) is 0. The molecule has 8 heteroatoms. The van der Waals surface area contributed by atoms with E-state index < -0.39 is 11.7 Å². The van der Waals surface area contributed by atoms with Crippen LogP contribution in [0.4, 0.5) is 24.9 Å². The minimum absolute atomic E-state index is 0.104. The first-order valence-corrected chi connectivity index (χ1v) is 7.01. The van der Waals surface area contributed by atoms with Crippen LogP contribution >= 0.6 is 0 Å². The summed E-state index contributed by atoms with van der Waals surface area (Å²) in [5, 5.41) is 13.8. The van der Waals surface area contributed by atoms with Crippen LogP contribution in [0.5, 0.6) is 0 Å². The Morgan fingerprint density at radius 2 is 1.95 bits per heavy atom. The molecule has 22 heavy (non-hydrogen) atoms. The zero-order chi connectivity index (χ0) is 15.6. The molecule has 0 spiro atoms. The predicted molar refractivity (Wildman–Crippen MR) is 73.9 cm³/mol. The van der Waals surface area contributed by atoms with Gasteiger partial charge in [-0.05, 0) is 44.1 Å². The minimum atomic E-state index is -4.38. The van der Waals surface area contributed by atoms with E-state index in [0.29, 0.717) is 5.89 Å². The SMILES string of the molecule is FC(F)(F)c1cccc(Nc2nnc(C3CCNCC3)o2)c1. The van der Waals surface area contributed by atoms with Crippen LogP contribution in [-0.4, -0.2) is 23.3 Å². The quantitative estimate of drug-likeness (QED) is 0.910. The lowest BCUT2D eigenvalue weighted by Crippen LogP contribution is -2.26. The summed E-state index contributed by atoms with van der Waals surface area (Å²) in [5.74, 6) is 0.724. The van der Waals surface area contributed by atoms with Gasteiger partial charge in [0.2, 0.25) is 5.89 Å². The number of hydrogen-bond donors (Lipinski definition) is 2. The van der Waals surface area contributed by atoms with Crippen LogP contribution in [0.2, 0.25) is 0 Å². The number of nitrogens with zero attached hydrogens (tertiary/aromatic N) is 2. The van der Waals surface area contributed by atoms with E-state index in [-0.39, 0.29) is 17.6 Å². The average molecular weight is 312 g/mol. The molecule has 0 unspecified atom stereocenters. The Kier molecular flexibility index (Phi) is 4.02. The summed E-state index contributed by atoms with van der Waals surface area (Å²) >= 11 is 0. The Labute approximate surface area is 124 Å². The molecular formula is C14H15F3N4O. The van der Waals surface area contributed by atoms with Gasteiger partial charge in [0.1, 0.15) is 0 Å². The van der Waals surface area contributed by atoms with E-state index in [1.807, 2.05) is 0 Å². The van der Waals surface area contributed by atoms with Crippen molar-refractivity contribution in [3.8, 4) is 0 Å². The first-order chi connectivity index (χ1) is 10.5. The Hall–Kier alpha value is -2.09. The second-order valence-corrected chi connectivity index (χ2v) is 5.17. The number of hydrogen-bond acceptors (Lipinski definition) is 5. The van der Waals surface area contributed by atoms with Crippen molar-refractivity contribution in [2.45, 2.75) is 24.9 Å². The number of anilines is 2. The van der Waals surface area contributed by atoms with Gasteiger partial charge < -0.3 is 15.1 Å². The topological polar surface area (TPSA) is 63.0 Å². The average Bonchev–Trinajstić information content (AvgIpc) is 2.96. The summed E-state index contributed by atoms with van der Waals surface area (Å²) in [6.45, 7) is 1.78. The van der Waals surface area contributed by atoms with Crippen LogP contribution in [0.3, 0.4) is 0 Å². The van der Waals surface area contributed by atoms with E-state index in [9.17, 15) is 13.2 Å². The van der Waals surface area contributed by atoms with Crippen molar-refractivity contribution in [1.29, 1.82) is 0 Å². The molecule has 1 aliphatic heterocycles. The molecule has 1 saturated heterocycles. The van der Waals surface area contributed by atoms with Gasteiger partial charge >= 0.3 is 12.2 Å². The van der Waals surface area contributed by atoms with Crippen molar-refractivity contribution in [2.75, 3.05) is 18.4 Å². The summed E-state index contributed by atoms with van der Waals surface area (Å²) in [7, 11) is 0. The van der Waals surface area contributed by atoms with Gasteiger partial charge in [-0.2, -0.15) is 13.2 Å². The molecule has 1 aromatic carbocycles. The number of nitrogens with one attached hydrogen (secondary N) is 2. The van der Waals surface area contributed by atoms with Crippen molar-refractivity contribution in [1.82, 2.24) is 15.5 Å². The Bertz CT molecular complexity index is 635. The van der Waals surface area contributed by atoms with Crippen LogP contribution in [0, 0.1) is 0 Å². The summed E-state index contributed by atoms with van der Waals surface area (Å²) in [5.41, 5.74) is -0.467. The van der Waals surface area contributed by atoms with Crippen LogP contribution in [-0.2, 0) is 6.18 Å². The highest BCUT2D eigenvalue weighted by Gasteiger charge is 2.30. The smallest absolute Gasteiger partial charge is 0.408 e. The van der Waals surface area contributed by atoms with Crippen LogP contribution in [0.25, 0.3) is 0 Å². The molecule has 5 nitrogen and oxygen atoms in total. The highest BCUT2D eigenvalue weighted by Crippen LogP contribution is 2.31. The van der Waals surface area contributed by atoms with Crippen molar-refractivity contribution >= 4 is 11.7 Å². The first kappa shape index (κ1) is 14.8. The van der Waals surface area contributed by atoms with E-state index in [2.05, 4.69) is 20.8 Å². The van der Waals surface area contributed by atoms with E-state index in [1.54, 1.807) is 0 Å².